The molecule has 11 aromatic rings. The average molecular weight is 1070 g/mol. The van der Waals surface area contributed by atoms with Gasteiger partial charge in [0, 0.05) is 59.1 Å². The van der Waals surface area contributed by atoms with Gasteiger partial charge in [0.05, 0.1) is 41.7 Å². The lowest BCUT2D eigenvalue weighted by atomic mass is 9.78. The lowest BCUT2D eigenvalue weighted by molar-refractivity contribution is 0.642. The van der Waals surface area contributed by atoms with Gasteiger partial charge in [0.2, 0.25) is 0 Å². The van der Waals surface area contributed by atoms with E-state index in [1.54, 1.807) is 0 Å². The molecule has 400 valence electrons. The summed E-state index contributed by atoms with van der Waals surface area (Å²) in [5.74, 6) is 0.193. The second-order valence-corrected chi connectivity index (χ2v) is 23.9. The monoisotopic (exact) mass is 1070 g/mol. The molecular formula is C77H62N6. The number of pyridine rings is 3. The van der Waals surface area contributed by atoms with Crippen molar-refractivity contribution in [1.82, 2.24) is 15.0 Å². The average Bonchev–Trinajstić information content (AvgIpc) is 3.43. The number of hydrogen-bond donors (Lipinski definition) is 0. The summed E-state index contributed by atoms with van der Waals surface area (Å²) in [6.45, 7) is 11.8. The van der Waals surface area contributed by atoms with Crippen LogP contribution in [0.4, 0.5) is 28.4 Å². The number of benzene rings is 8. The minimum Gasteiger partial charge on any atom is -0.331 e. The normalized spacial score (nSPS) is 17.0. The van der Waals surface area contributed by atoms with Crippen molar-refractivity contribution in [1.29, 1.82) is 0 Å². The van der Waals surface area contributed by atoms with Gasteiger partial charge in [-0.05, 0) is 190 Å². The zero-order chi connectivity index (χ0) is 56.0. The first-order valence-electron chi connectivity index (χ1n) is 29.1. The fourth-order valence-corrected chi connectivity index (χ4v) is 14.2. The Labute approximate surface area is 486 Å². The van der Waals surface area contributed by atoms with E-state index in [1.807, 2.05) is 61.6 Å². The summed E-state index contributed by atoms with van der Waals surface area (Å²) in [7, 11) is 0. The van der Waals surface area contributed by atoms with E-state index in [4.69, 9.17) is 4.99 Å². The van der Waals surface area contributed by atoms with Crippen molar-refractivity contribution in [3.8, 4) is 44.5 Å². The summed E-state index contributed by atoms with van der Waals surface area (Å²) < 4.78 is 0. The molecule has 0 fully saturated rings. The van der Waals surface area contributed by atoms with E-state index in [9.17, 15) is 0 Å². The molecule has 0 saturated carbocycles. The fraction of sp³-hybridized carbons (Fsp3) is 0.143. The van der Waals surface area contributed by atoms with E-state index in [-0.39, 0.29) is 22.8 Å². The molecule has 15 rings (SSSR count). The van der Waals surface area contributed by atoms with Gasteiger partial charge in [0.15, 0.2) is 0 Å². The lowest BCUT2D eigenvalue weighted by Crippen LogP contribution is -2.38. The molecule has 83 heavy (non-hydrogen) atoms. The number of rotatable bonds is 10. The van der Waals surface area contributed by atoms with Crippen molar-refractivity contribution in [2.24, 2.45) is 10.9 Å². The topological polar surface area (TPSA) is 57.5 Å². The van der Waals surface area contributed by atoms with Crippen LogP contribution in [0.5, 0.6) is 0 Å². The van der Waals surface area contributed by atoms with Crippen LogP contribution in [0.2, 0.25) is 0 Å². The molecule has 8 aromatic carbocycles. The molecule has 6 nitrogen and oxygen atoms in total. The highest BCUT2D eigenvalue weighted by molar-refractivity contribution is 6.23. The zero-order valence-electron chi connectivity index (χ0n) is 47.4. The van der Waals surface area contributed by atoms with Crippen molar-refractivity contribution in [2.75, 3.05) is 9.80 Å². The molecule has 0 saturated heterocycles. The van der Waals surface area contributed by atoms with Gasteiger partial charge in [-0.2, -0.15) is 0 Å². The second-order valence-electron chi connectivity index (χ2n) is 23.9. The van der Waals surface area contributed by atoms with Gasteiger partial charge < -0.3 is 9.80 Å². The Bertz CT molecular complexity index is 4460. The van der Waals surface area contributed by atoms with E-state index in [0.717, 1.165) is 74.0 Å². The third-order valence-electron chi connectivity index (χ3n) is 18.4. The molecule has 3 aromatic heterocycles. The number of aliphatic imine (C=N–C) groups is 1. The van der Waals surface area contributed by atoms with Crippen LogP contribution in [0.1, 0.15) is 75.3 Å². The minimum atomic E-state index is -0.0990. The van der Waals surface area contributed by atoms with Crippen molar-refractivity contribution in [3.63, 3.8) is 0 Å². The molecule has 4 heterocycles. The quantitative estimate of drug-likeness (QED) is 0.128. The molecule has 2 atom stereocenters. The molecule has 0 N–H and O–H groups in total. The van der Waals surface area contributed by atoms with Gasteiger partial charge >= 0.3 is 0 Å². The standard InChI is InChI=1S/C77H62N6/c1-49-36-40-81-48-73(49)83(60-15-12-39-80-47-60)57-31-35-66-68(44-57)75(53-26-22-51(23-27-53)55-29-33-64-62-17-7-9-19-70(62)77(4,5)72(64)42-55)65-34-30-56(82(58-13-10-37-78-45-58)59-14-11-38-79-46-59)43-67(65)74(66)52-24-20-50(21-25-52)54-28-32-63-61-16-6-8-18-69(61)76(2,3)71(63)41-54/h6-27,29-31,33-49,73H,28,32H2,1-5H3. The summed E-state index contributed by atoms with van der Waals surface area (Å²) in [6.07, 6.45) is 22.1. The van der Waals surface area contributed by atoms with Crippen molar-refractivity contribution in [2.45, 2.75) is 64.3 Å². The van der Waals surface area contributed by atoms with Crippen LogP contribution in [-0.2, 0) is 10.8 Å². The third-order valence-corrected chi connectivity index (χ3v) is 18.4. The summed E-state index contributed by atoms with van der Waals surface area (Å²) in [5.41, 5.74) is 25.7. The molecule has 0 spiro atoms. The highest BCUT2D eigenvalue weighted by Gasteiger charge is 2.38. The van der Waals surface area contributed by atoms with E-state index in [2.05, 4.69) is 248 Å². The van der Waals surface area contributed by atoms with Gasteiger partial charge in [0.25, 0.3) is 0 Å². The van der Waals surface area contributed by atoms with E-state index in [1.165, 1.54) is 77.9 Å². The molecule has 0 amide bonds. The van der Waals surface area contributed by atoms with Crippen LogP contribution in [0.3, 0.4) is 0 Å². The molecule has 3 aliphatic carbocycles. The lowest BCUT2D eigenvalue weighted by Gasteiger charge is -2.35. The first-order valence-corrected chi connectivity index (χ1v) is 29.1. The molecule has 6 heteroatoms. The Balaban J connectivity index is 0.951. The first-order chi connectivity index (χ1) is 40.6. The largest absolute Gasteiger partial charge is 0.331 e. The van der Waals surface area contributed by atoms with E-state index < -0.39 is 0 Å². The highest BCUT2D eigenvalue weighted by atomic mass is 15.2. The number of hydrogen-bond acceptors (Lipinski definition) is 6. The Morgan fingerprint density at radius 2 is 0.976 bits per heavy atom. The van der Waals surface area contributed by atoms with Crippen molar-refractivity contribution < 1.29 is 0 Å². The molecular weight excluding hydrogens is 1010 g/mol. The van der Waals surface area contributed by atoms with E-state index in [0.29, 0.717) is 0 Å². The number of anilines is 5. The Hall–Kier alpha value is -9.78. The molecule has 4 aliphatic rings. The highest BCUT2D eigenvalue weighted by Crippen LogP contribution is 2.54. The number of nitrogens with zero attached hydrogens (tertiary/aromatic N) is 6. The SMILES string of the molecule is CC1C=CN=CC1N(c1cccnc1)c1ccc2c(-c3ccc(C4=CC5=C(CC4)c4ccccc4C5(C)C)cc3)c3cc(N(c4cccnc4)c4cccnc4)ccc3c(-c3ccc(-c4ccc5c(c4)C(C)(C)c4ccccc4-5)cc3)c2c1. The maximum absolute atomic E-state index is 4.73. The maximum Gasteiger partial charge on any atom is 0.0754 e. The minimum absolute atomic E-state index is 0.0413. The van der Waals surface area contributed by atoms with Crippen molar-refractivity contribution in [3.05, 3.63) is 277 Å². The fourth-order valence-electron chi connectivity index (χ4n) is 14.2. The van der Waals surface area contributed by atoms with Gasteiger partial charge in [-0.15, -0.1) is 0 Å². The smallest absolute Gasteiger partial charge is 0.0754 e. The summed E-state index contributed by atoms with van der Waals surface area (Å²) in [5, 5.41) is 4.62. The van der Waals surface area contributed by atoms with Gasteiger partial charge in [-0.3, -0.25) is 19.9 Å². The van der Waals surface area contributed by atoms with Crippen LogP contribution in [0, 0.1) is 5.92 Å². The molecule has 2 unspecified atom stereocenters. The van der Waals surface area contributed by atoms with Gasteiger partial charge in [-0.1, -0.05) is 168 Å². The van der Waals surface area contributed by atoms with Crippen LogP contribution >= 0.6 is 0 Å². The Morgan fingerprint density at radius 3 is 1.60 bits per heavy atom. The number of aromatic nitrogens is 3. The maximum atomic E-state index is 4.73. The predicted molar refractivity (Wildman–Crippen MR) is 346 cm³/mol. The van der Waals surface area contributed by atoms with Gasteiger partial charge in [0.1, 0.15) is 0 Å². The summed E-state index contributed by atoms with van der Waals surface area (Å²) in [6, 6.07) is 70.2. The Kier molecular flexibility index (Phi) is 11.9. The van der Waals surface area contributed by atoms with Crippen LogP contribution in [0.25, 0.3) is 77.2 Å². The first kappa shape index (κ1) is 50.2. The summed E-state index contributed by atoms with van der Waals surface area (Å²) in [4.78, 5) is 23.3. The number of allylic oxidation sites excluding steroid dienone is 4. The Morgan fingerprint density at radius 1 is 0.434 bits per heavy atom. The molecule has 1 aliphatic heterocycles. The van der Waals surface area contributed by atoms with Crippen molar-refractivity contribution >= 4 is 67.3 Å². The second kappa shape index (κ2) is 19.7. The number of fused-ring (bicyclic) bond motifs is 7. The van der Waals surface area contributed by atoms with Crippen LogP contribution in [0.15, 0.2) is 254 Å². The predicted octanol–water partition coefficient (Wildman–Crippen LogP) is 19.6. The molecule has 0 radical (unpaired) electrons. The third kappa shape index (κ3) is 8.29. The van der Waals surface area contributed by atoms with Gasteiger partial charge in [-0.25, -0.2) is 0 Å². The summed E-state index contributed by atoms with van der Waals surface area (Å²) >= 11 is 0. The zero-order valence-corrected chi connectivity index (χ0v) is 47.4. The molecule has 0 bridgehead atoms. The van der Waals surface area contributed by atoms with Crippen LogP contribution in [-0.4, -0.2) is 27.2 Å². The van der Waals surface area contributed by atoms with E-state index >= 15 is 0 Å². The van der Waals surface area contributed by atoms with Crippen LogP contribution < -0.4 is 9.80 Å².